The van der Waals surface area contributed by atoms with Gasteiger partial charge in [-0.1, -0.05) is 36.4 Å². The molecule has 3 N–H and O–H groups in total. The first-order valence-corrected chi connectivity index (χ1v) is 7.26. The Morgan fingerprint density at radius 3 is 1.43 bits per heavy atom. The van der Waals surface area contributed by atoms with Gasteiger partial charge in [-0.05, 0) is 12.1 Å². The zero-order valence-electron chi connectivity index (χ0n) is 12.5. The monoisotopic (exact) mass is 303 g/mol. The summed E-state index contributed by atoms with van der Waals surface area (Å²) >= 11 is 0. The molecule has 5 rings (SSSR count). The van der Waals surface area contributed by atoms with Crippen molar-refractivity contribution in [3.63, 3.8) is 0 Å². The smallest absolute Gasteiger partial charge is 0.0919 e. The van der Waals surface area contributed by atoms with Crippen LogP contribution in [0.2, 0.25) is 0 Å². The van der Waals surface area contributed by atoms with Crippen molar-refractivity contribution in [3.8, 4) is 0 Å². The van der Waals surface area contributed by atoms with Crippen LogP contribution in [0, 0.1) is 0 Å². The first-order valence-electron chi connectivity index (χ1n) is 7.26. The minimum atomic E-state index is 1.21. The lowest BCUT2D eigenvalue weighted by Crippen LogP contribution is -1.62. The average molecular weight is 303 g/mol. The molecule has 3 heterocycles. The van der Waals surface area contributed by atoms with Crippen LogP contribution in [0.3, 0.4) is 0 Å². The summed E-state index contributed by atoms with van der Waals surface area (Å²) in [5.41, 5.74) is 2.42. The van der Waals surface area contributed by atoms with E-state index < -0.39 is 0 Å². The lowest BCUT2D eigenvalue weighted by Gasteiger charge is -1.87. The van der Waals surface area contributed by atoms with Crippen molar-refractivity contribution in [1.29, 1.82) is 0 Å². The van der Waals surface area contributed by atoms with E-state index >= 15 is 0 Å². The molecule has 0 saturated carbocycles. The maximum Gasteiger partial charge on any atom is 0.0919 e. The van der Waals surface area contributed by atoms with Crippen molar-refractivity contribution in [3.05, 3.63) is 86.0 Å². The molecule has 0 aliphatic heterocycles. The minimum Gasteiger partial charge on any atom is -0.355 e. The van der Waals surface area contributed by atoms with Crippen molar-refractivity contribution in [1.82, 2.24) is 24.9 Å². The Labute approximate surface area is 133 Å². The zero-order valence-corrected chi connectivity index (χ0v) is 12.5. The number of aromatic amines is 3. The molecule has 114 valence electrons. The van der Waals surface area contributed by atoms with Crippen LogP contribution in [0.25, 0.3) is 21.8 Å². The van der Waals surface area contributed by atoms with Crippen molar-refractivity contribution >= 4 is 21.8 Å². The fourth-order valence-corrected chi connectivity index (χ4v) is 2.23. The number of benzene rings is 2. The molecule has 23 heavy (non-hydrogen) atoms. The van der Waals surface area contributed by atoms with Crippen LogP contribution in [0.5, 0.6) is 0 Å². The number of rotatable bonds is 0. The zero-order chi connectivity index (χ0) is 15.7. The lowest BCUT2D eigenvalue weighted by atomic mass is 10.2. The van der Waals surface area contributed by atoms with Gasteiger partial charge in [-0.3, -0.25) is 0 Å². The largest absolute Gasteiger partial charge is 0.355 e. The van der Waals surface area contributed by atoms with E-state index in [-0.39, 0.29) is 0 Å². The summed E-state index contributed by atoms with van der Waals surface area (Å²) in [6.45, 7) is 0. The van der Waals surface area contributed by atoms with Gasteiger partial charge in [-0.15, -0.1) is 0 Å². The highest BCUT2D eigenvalue weighted by Crippen LogP contribution is 2.24. The third-order valence-electron chi connectivity index (χ3n) is 3.23. The van der Waals surface area contributed by atoms with Crippen LogP contribution < -0.4 is 0 Å². The molecular weight excluding hydrogens is 286 g/mol. The van der Waals surface area contributed by atoms with E-state index in [2.05, 4.69) is 73.5 Å². The van der Waals surface area contributed by atoms with Gasteiger partial charge >= 0.3 is 0 Å². The predicted molar refractivity (Wildman–Crippen MR) is 93.0 cm³/mol. The minimum absolute atomic E-state index is 1.21. The van der Waals surface area contributed by atoms with Crippen LogP contribution in [-0.4, -0.2) is 24.9 Å². The summed E-state index contributed by atoms with van der Waals surface area (Å²) < 4.78 is 0. The lowest BCUT2D eigenvalue weighted by molar-refractivity contribution is 1.31. The van der Waals surface area contributed by atoms with E-state index in [1.807, 2.05) is 0 Å². The Bertz CT molecular complexity index is 810. The highest BCUT2D eigenvalue weighted by atomic mass is 14.8. The second-order valence-corrected chi connectivity index (χ2v) is 4.74. The van der Waals surface area contributed by atoms with Crippen molar-refractivity contribution in [2.75, 3.05) is 0 Å². The summed E-state index contributed by atoms with van der Waals surface area (Å²) in [7, 11) is 0. The SMILES string of the molecule is c1c[nH]cn1.c1c[nH]cn1.c1ccc2c(c1)[nH]c1ccccc12. The van der Waals surface area contributed by atoms with Gasteiger partial charge in [0.1, 0.15) is 0 Å². The summed E-state index contributed by atoms with van der Waals surface area (Å²) in [6.07, 6.45) is 10.2. The first-order chi connectivity index (χ1) is 11.4. The second kappa shape index (κ2) is 7.61. The number of aromatic nitrogens is 5. The van der Waals surface area contributed by atoms with Gasteiger partial charge in [0.15, 0.2) is 0 Å². The number of nitrogens with one attached hydrogen (secondary N) is 3. The molecule has 2 aromatic carbocycles. The molecule has 0 amide bonds. The molecule has 5 heteroatoms. The van der Waals surface area contributed by atoms with E-state index in [0.717, 1.165) is 0 Å². The molecule has 0 saturated heterocycles. The van der Waals surface area contributed by atoms with Crippen LogP contribution >= 0.6 is 0 Å². The number of H-pyrrole nitrogens is 3. The second-order valence-electron chi connectivity index (χ2n) is 4.74. The van der Waals surface area contributed by atoms with Gasteiger partial charge in [0, 0.05) is 46.6 Å². The van der Waals surface area contributed by atoms with Gasteiger partial charge in [-0.25, -0.2) is 9.97 Å². The summed E-state index contributed by atoms with van der Waals surface area (Å²) in [5.74, 6) is 0. The summed E-state index contributed by atoms with van der Waals surface area (Å²) in [4.78, 5) is 16.2. The maximum atomic E-state index is 3.67. The van der Waals surface area contributed by atoms with Crippen LogP contribution in [0.15, 0.2) is 86.0 Å². The molecular formula is C18H17N5. The van der Waals surface area contributed by atoms with Crippen molar-refractivity contribution < 1.29 is 0 Å². The molecule has 0 fully saturated rings. The highest BCUT2D eigenvalue weighted by molar-refractivity contribution is 6.06. The Balaban J connectivity index is 0.000000128. The Morgan fingerprint density at radius 2 is 1.09 bits per heavy atom. The number of imidazole rings is 2. The third-order valence-corrected chi connectivity index (χ3v) is 3.23. The molecule has 0 aliphatic rings. The van der Waals surface area contributed by atoms with E-state index in [1.165, 1.54) is 21.8 Å². The van der Waals surface area contributed by atoms with E-state index in [4.69, 9.17) is 0 Å². The number of hydrogen-bond donors (Lipinski definition) is 3. The fraction of sp³-hybridized carbons (Fsp3) is 0. The molecule has 0 bridgehead atoms. The van der Waals surface area contributed by atoms with Gasteiger partial charge in [0.05, 0.1) is 12.7 Å². The van der Waals surface area contributed by atoms with Crippen LogP contribution in [0.1, 0.15) is 0 Å². The highest BCUT2D eigenvalue weighted by Gasteiger charge is 2.00. The molecule has 0 atom stereocenters. The molecule has 0 unspecified atom stereocenters. The van der Waals surface area contributed by atoms with Gasteiger partial charge in [0.2, 0.25) is 0 Å². The number of para-hydroxylation sites is 2. The summed E-state index contributed by atoms with van der Waals surface area (Å²) in [6, 6.07) is 16.8. The fourth-order valence-electron chi connectivity index (χ4n) is 2.23. The third kappa shape index (κ3) is 3.85. The number of nitrogens with zero attached hydrogens (tertiary/aromatic N) is 2. The molecule has 0 spiro atoms. The Hall–Kier alpha value is -3.34. The maximum absolute atomic E-state index is 3.67. The van der Waals surface area contributed by atoms with Crippen molar-refractivity contribution in [2.24, 2.45) is 0 Å². The number of fused-ring (bicyclic) bond motifs is 3. The molecule has 0 aliphatic carbocycles. The Kier molecular flexibility index (Phi) is 4.83. The standard InChI is InChI=1S/C12H9N.2C3H4N2/c1-3-7-11-9(5-1)10-6-2-4-8-12(10)13-11;2*1-2-5-3-4-1/h1-8,13H;2*1-3H,(H,4,5). The average Bonchev–Trinajstić information content (AvgIpc) is 3.38. The van der Waals surface area contributed by atoms with Crippen molar-refractivity contribution in [2.45, 2.75) is 0 Å². The number of hydrogen-bond acceptors (Lipinski definition) is 2. The normalized spacial score (nSPS) is 9.74. The first kappa shape index (κ1) is 14.6. The predicted octanol–water partition coefficient (Wildman–Crippen LogP) is 4.14. The van der Waals surface area contributed by atoms with Crippen LogP contribution in [0.4, 0.5) is 0 Å². The van der Waals surface area contributed by atoms with E-state index in [9.17, 15) is 0 Å². The van der Waals surface area contributed by atoms with Gasteiger partial charge in [-0.2, -0.15) is 0 Å². The topological polar surface area (TPSA) is 73.2 Å². The molecule has 5 nitrogen and oxygen atoms in total. The molecule has 3 aromatic heterocycles. The molecule has 5 aromatic rings. The Morgan fingerprint density at radius 1 is 0.609 bits per heavy atom. The summed E-state index contributed by atoms with van der Waals surface area (Å²) in [5, 5.41) is 2.61. The van der Waals surface area contributed by atoms with Gasteiger partial charge < -0.3 is 15.0 Å². The van der Waals surface area contributed by atoms with Gasteiger partial charge in [0.25, 0.3) is 0 Å². The van der Waals surface area contributed by atoms with E-state index in [1.54, 1.807) is 37.4 Å². The van der Waals surface area contributed by atoms with Crippen LogP contribution in [-0.2, 0) is 0 Å². The van der Waals surface area contributed by atoms with E-state index in [0.29, 0.717) is 0 Å². The quantitative estimate of drug-likeness (QED) is 0.402. The molecule has 0 radical (unpaired) electrons.